The van der Waals surface area contributed by atoms with Crippen molar-refractivity contribution >= 4 is 6.21 Å². The lowest BCUT2D eigenvalue weighted by Crippen LogP contribution is -2.28. The van der Waals surface area contributed by atoms with Gasteiger partial charge >= 0.3 is 0 Å². The van der Waals surface area contributed by atoms with Gasteiger partial charge in [0.25, 0.3) is 0 Å². The highest BCUT2D eigenvalue weighted by atomic mass is 16.5. The molecule has 0 aromatic heterocycles. The molecule has 0 amide bonds. The van der Waals surface area contributed by atoms with E-state index in [-0.39, 0.29) is 0 Å². The molecular formula is C26H48N4O2. The van der Waals surface area contributed by atoms with Crippen molar-refractivity contribution < 1.29 is 9.47 Å². The van der Waals surface area contributed by atoms with Gasteiger partial charge in [-0.15, -0.1) is 0 Å². The van der Waals surface area contributed by atoms with E-state index in [1.165, 1.54) is 32.5 Å². The monoisotopic (exact) mass is 448 g/mol. The van der Waals surface area contributed by atoms with Gasteiger partial charge in [0.05, 0.1) is 19.0 Å². The van der Waals surface area contributed by atoms with Crippen LogP contribution in [0.25, 0.3) is 0 Å². The second-order valence-corrected chi connectivity index (χ2v) is 6.69. The first-order valence-electron chi connectivity index (χ1n) is 11.9. The first kappa shape index (κ1) is 32.0. The molecule has 0 saturated carbocycles. The standard InChI is InChI=1S/C23H37N3O2.C2H6.CH5N/c1-3-9-21(2)27-19-8-15-26-17-16-25-14-6-4-5-7-18-28-23-12-10-22(20-24)11-13-23;2*1-2/h3,9-13,20,24-26H,1,4-8,14-19H2,2H3;1-2H3;2H2,1H3/b21-9+,24-20?;;. The average molecular weight is 449 g/mol. The maximum Gasteiger partial charge on any atom is 0.119 e. The quantitative estimate of drug-likeness (QED) is 0.111. The van der Waals surface area contributed by atoms with E-state index in [1.54, 1.807) is 6.08 Å². The molecule has 5 N–H and O–H groups in total. The van der Waals surface area contributed by atoms with Crippen LogP contribution in [0.1, 0.15) is 58.4 Å². The Hall–Kier alpha value is -2.15. The van der Waals surface area contributed by atoms with Gasteiger partial charge in [0.15, 0.2) is 0 Å². The molecule has 0 atom stereocenters. The van der Waals surface area contributed by atoms with Gasteiger partial charge in [-0.05, 0) is 82.2 Å². The molecular weight excluding hydrogens is 400 g/mol. The summed E-state index contributed by atoms with van der Waals surface area (Å²) in [6.45, 7) is 15.1. The van der Waals surface area contributed by atoms with Gasteiger partial charge in [-0.2, -0.15) is 0 Å². The zero-order chi connectivity index (χ0) is 24.3. The van der Waals surface area contributed by atoms with Crippen LogP contribution in [0, 0.1) is 5.41 Å². The molecule has 0 radical (unpaired) electrons. The highest BCUT2D eigenvalue weighted by Crippen LogP contribution is 2.12. The molecule has 1 rings (SSSR count). The Morgan fingerprint density at radius 3 is 2.09 bits per heavy atom. The minimum Gasteiger partial charge on any atom is -0.498 e. The van der Waals surface area contributed by atoms with E-state index in [0.29, 0.717) is 0 Å². The van der Waals surface area contributed by atoms with Crippen molar-refractivity contribution in [3.05, 3.63) is 54.3 Å². The molecule has 184 valence electrons. The molecule has 0 heterocycles. The fourth-order valence-corrected chi connectivity index (χ4v) is 2.63. The Kier molecular flexibility index (Phi) is 26.9. The SMILES string of the molecule is C=C/C=C(\C)OCCCNCCNCCCCCCOc1ccc(C=N)cc1.CC.CN. The summed E-state index contributed by atoms with van der Waals surface area (Å²) >= 11 is 0. The molecule has 0 bridgehead atoms. The average Bonchev–Trinajstić information content (AvgIpc) is 2.84. The van der Waals surface area contributed by atoms with E-state index in [0.717, 1.165) is 69.3 Å². The summed E-state index contributed by atoms with van der Waals surface area (Å²) in [6.07, 6.45) is 10.7. The topological polar surface area (TPSA) is 92.4 Å². The first-order valence-corrected chi connectivity index (χ1v) is 11.9. The summed E-state index contributed by atoms with van der Waals surface area (Å²) in [5.74, 6) is 1.80. The molecule has 6 nitrogen and oxygen atoms in total. The van der Waals surface area contributed by atoms with Crippen molar-refractivity contribution in [2.24, 2.45) is 5.73 Å². The molecule has 0 fully saturated rings. The number of nitrogens with one attached hydrogen (secondary N) is 3. The van der Waals surface area contributed by atoms with Gasteiger partial charge in [0.1, 0.15) is 5.75 Å². The second-order valence-electron chi connectivity index (χ2n) is 6.69. The Morgan fingerprint density at radius 1 is 0.906 bits per heavy atom. The van der Waals surface area contributed by atoms with Gasteiger partial charge in [-0.1, -0.05) is 39.3 Å². The fraction of sp³-hybridized carbons (Fsp3) is 0.577. The maximum absolute atomic E-state index is 7.18. The van der Waals surface area contributed by atoms with Crippen molar-refractivity contribution in [2.75, 3.05) is 46.4 Å². The van der Waals surface area contributed by atoms with Crippen LogP contribution in [-0.2, 0) is 4.74 Å². The number of hydrogen-bond donors (Lipinski definition) is 4. The number of nitrogens with two attached hydrogens (primary N) is 1. The van der Waals surface area contributed by atoms with Gasteiger partial charge in [0, 0.05) is 19.3 Å². The van der Waals surface area contributed by atoms with E-state index in [9.17, 15) is 0 Å². The number of rotatable bonds is 18. The Labute approximate surface area is 197 Å². The largest absolute Gasteiger partial charge is 0.498 e. The first-order chi connectivity index (χ1) is 15.8. The summed E-state index contributed by atoms with van der Waals surface area (Å²) < 4.78 is 11.2. The highest BCUT2D eigenvalue weighted by molar-refractivity contribution is 5.76. The number of benzene rings is 1. The Balaban J connectivity index is 0. The molecule has 1 aromatic rings. The zero-order valence-corrected chi connectivity index (χ0v) is 20.9. The molecule has 0 unspecified atom stereocenters. The highest BCUT2D eigenvalue weighted by Gasteiger charge is 1.95. The summed E-state index contributed by atoms with van der Waals surface area (Å²) in [5, 5.41) is 14.1. The minimum absolute atomic E-state index is 0.745. The van der Waals surface area contributed by atoms with Crippen molar-refractivity contribution in [3.8, 4) is 5.75 Å². The molecule has 0 aliphatic heterocycles. The molecule has 0 spiro atoms. The number of ether oxygens (including phenoxy) is 2. The van der Waals surface area contributed by atoms with Gasteiger partial charge in [0.2, 0.25) is 0 Å². The van der Waals surface area contributed by atoms with E-state index in [1.807, 2.05) is 51.1 Å². The smallest absolute Gasteiger partial charge is 0.119 e. The Bertz CT molecular complexity index is 559. The predicted molar refractivity (Wildman–Crippen MR) is 140 cm³/mol. The number of hydrogen-bond acceptors (Lipinski definition) is 6. The minimum atomic E-state index is 0.745. The van der Waals surface area contributed by atoms with Crippen LogP contribution in [0.4, 0.5) is 0 Å². The van der Waals surface area contributed by atoms with Crippen LogP contribution in [0.2, 0.25) is 0 Å². The molecule has 1 aromatic carbocycles. The Morgan fingerprint density at radius 2 is 1.50 bits per heavy atom. The normalized spacial score (nSPS) is 10.2. The lowest BCUT2D eigenvalue weighted by atomic mass is 10.2. The van der Waals surface area contributed by atoms with E-state index < -0.39 is 0 Å². The molecule has 0 aliphatic rings. The third kappa shape index (κ3) is 21.1. The van der Waals surface area contributed by atoms with Crippen molar-refractivity contribution in [1.29, 1.82) is 5.41 Å². The van der Waals surface area contributed by atoms with Gasteiger partial charge in [-0.3, -0.25) is 0 Å². The summed E-state index contributed by atoms with van der Waals surface area (Å²) in [5.41, 5.74) is 5.40. The van der Waals surface area contributed by atoms with E-state index in [4.69, 9.17) is 14.9 Å². The lowest BCUT2D eigenvalue weighted by Gasteiger charge is -2.08. The van der Waals surface area contributed by atoms with Crippen molar-refractivity contribution in [3.63, 3.8) is 0 Å². The van der Waals surface area contributed by atoms with Crippen molar-refractivity contribution in [2.45, 2.75) is 52.9 Å². The maximum atomic E-state index is 7.18. The van der Waals surface area contributed by atoms with Crippen LogP contribution < -0.4 is 21.1 Å². The fourth-order valence-electron chi connectivity index (χ4n) is 2.63. The summed E-state index contributed by atoms with van der Waals surface area (Å²) in [6, 6.07) is 7.65. The van der Waals surface area contributed by atoms with Crippen LogP contribution >= 0.6 is 0 Å². The van der Waals surface area contributed by atoms with E-state index >= 15 is 0 Å². The predicted octanol–water partition coefficient (Wildman–Crippen LogP) is 4.90. The molecule has 6 heteroatoms. The van der Waals surface area contributed by atoms with E-state index in [2.05, 4.69) is 22.9 Å². The zero-order valence-electron chi connectivity index (χ0n) is 20.9. The molecule has 32 heavy (non-hydrogen) atoms. The van der Waals surface area contributed by atoms with Crippen LogP contribution in [0.5, 0.6) is 5.75 Å². The number of unbranched alkanes of at least 4 members (excludes halogenated alkanes) is 3. The third-order valence-electron chi connectivity index (χ3n) is 4.22. The lowest BCUT2D eigenvalue weighted by molar-refractivity contribution is 0.209. The van der Waals surface area contributed by atoms with Gasteiger partial charge in [-0.25, -0.2) is 0 Å². The number of allylic oxidation sites excluding steroid dienone is 3. The molecule has 0 aliphatic carbocycles. The van der Waals surface area contributed by atoms with Crippen molar-refractivity contribution in [1.82, 2.24) is 10.6 Å². The molecule has 0 saturated heterocycles. The van der Waals surface area contributed by atoms with Crippen LogP contribution in [-0.4, -0.2) is 52.7 Å². The van der Waals surface area contributed by atoms with Gasteiger partial charge < -0.3 is 31.3 Å². The van der Waals surface area contributed by atoms with Crippen LogP contribution in [0.15, 0.2) is 48.8 Å². The second kappa shape index (κ2) is 26.9. The third-order valence-corrected chi connectivity index (χ3v) is 4.22. The van der Waals surface area contributed by atoms with Crippen LogP contribution in [0.3, 0.4) is 0 Å². The summed E-state index contributed by atoms with van der Waals surface area (Å²) in [4.78, 5) is 0. The summed E-state index contributed by atoms with van der Waals surface area (Å²) in [7, 11) is 1.50.